The molecule has 0 aromatic rings. The SMILES string of the molecule is CN(CC1CCCO1)CC1(N)CC1. The van der Waals surface area contributed by atoms with Gasteiger partial charge < -0.3 is 15.4 Å². The highest BCUT2D eigenvalue weighted by Crippen LogP contribution is 2.32. The zero-order valence-electron chi connectivity index (χ0n) is 8.46. The fraction of sp³-hybridized carbons (Fsp3) is 1.00. The number of nitrogens with zero attached hydrogens (tertiary/aromatic N) is 1. The molecule has 0 spiro atoms. The zero-order chi connectivity index (χ0) is 9.31. The van der Waals surface area contributed by atoms with E-state index >= 15 is 0 Å². The molecule has 76 valence electrons. The van der Waals surface area contributed by atoms with Gasteiger partial charge in [0, 0.05) is 25.2 Å². The monoisotopic (exact) mass is 184 g/mol. The quantitative estimate of drug-likeness (QED) is 0.695. The van der Waals surface area contributed by atoms with Crippen LogP contribution in [-0.2, 0) is 4.74 Å². The summed E-state index contributed by atoms with van der Waals surface area (Å²) in [5.41, 5.74) is 6.19. The zero-order valence-corrected chi connectivity index (χ0v) is 8.46. The first-order valence-electron chi connectivity index (χ1n) is 5.27. The minimum absolute atomic E-state index is 0.146. The lowest BCUT2D eigenvalue weighted by Crippen LogP contribution is -2.40. The first-order chi connectivity index (χ1) is 6.18. The molecule has 1 aliphatic carbocycles. The first-order valence-corrected chi connectivity index (χ1v) is 5.27. The highest BCUT2D eigenvalue weighted by Gasteiger charge is 2.39. The molecule has 0 aromatic heterocycles. The fourth-order valence-corrected chi connectivity index (χ4v) is 2.06. The second-order valence-corrected chi connectivity index (χ2v) is 4.69. The summed E-state index contributed by atoms with van der Waals surface area (Å²) in [7, 11) is 2.15. The lowest BCUT2D eigenvalue weighted by Gasteiger charge is -2.23. The summed E-state index contributed by atoms with van der Waals surface area (Å²) in [5, 5.41) is 0. The average molecular weight is 184 g/mol. The smallest absolute Gasteiger partial charge is 0.0702 e. The van der Waals surface area contributed by atoms with Crippen LogP contribution in [0.4, 0.5) is 0 Å². The lowest BCUT2D eigenvalue weighted by molar-refractivity contribution is 0.0789. The molecule has 1 saturated carbocycles. The summed E-state index contributed by atoms with van der Waals surface area (Å²) < 4.78 is 5.58. The standard InChI is InChI=1S/C10H20N2O/c1-12(8-10(11)4-5-10)7-9-3-2-6-13-9/h9H,2-8,11H2,1H3. The van der Waals surface area contributed by atoms with Gasteiger partial charge in [-0.25, -0.2) is 0 Å². The normalized spacial score (nSPS) is 31.2. The van der Waals surface area contributed by atoms with Gasteiger partial charge in [-0.3, -0.25) is 0 Å². The Morgan fingerprint density at radius 2 is 2.31 bits per heavy atom. The van der Waals surface area contributed by atoms with Crippen molar-refractivity contribution in [3.8, 4) is 0 Å². The largest absolute Gasteiger partial charge is 0.377 e. The highest BCUT2D eigenvalue weighted by molar-refractivity contribution is 5.00. The number of rotatable bonds is 4. The molecular formula is C10H20N2O. The molecule has 0 radical (unpaired) electrons. The van der Waals surface area contributed by atoms with Crippen molar-refractivity contribution in [2.45, 2.75) is 37.3 Å². The molecule has 1 aliphatic heterocycles. The van der Waals surface area contributed by atoms with Crippen LogP contribution in [-0.4, -0.2) is 43.3 Å². The fourth-order valence-electron chi connectivity index (χ4n) is 2.06. The molecule has 13 heavy (non-hydrogen) atoms. The van der Waals surface area contributed by atoms with Gasteiger partial charge in [-0.2, -0.15) is 0 Å². The Morgan fingerprint density at radius 1 is 1.54 bits per heavy atom. The van der Waals surface area contributed by atoms with Crippen LogP contribution in [0.15, 0.2) is 0 Å². The van der Waals surface area contributed by atoms with E-state index in [0.29, 0.717) is 6.10 Å². The van der Waals surface area contributed by atoms with E-state index in [1.807, 2.05) is 0 Å². The Kier molecular flexibility index (Phi) is 2.58. The van der Waals surface area contributed by atoms with Gasteiger partial charge >= 0.3 is 0 Å². The third-order valence-electron chi connectivity index (χ3n) is 3.02. The van der Waals surface area contributed by atoms with Crippen LogP contribution < -0.4 is 5.73 Å². The number of hydrogen-bond donors (Lipinski definition) is 1. The van der Waals surface area contributed by atoms with E-state index < -0.39 is 0 Å². The van der Waals surface area contributed by atoms with Gasteiger partial charge in [-0.05, 0) is 32.7 Å². The van der Waals surface area contributed by atoms with E-state index in [0.717, 1.165) is 19.7 Å². The second-order valence-electron chi connectivity index (χ2n) is 4.69. The summed E-state index contributed by atoms with van der Waals surface area (Å²) >= 11 is 0. The Bertz CT molecular complexity index is 174. The van der Waals surface area contributed by atoms with E-state index in [1.54, 1.807) is 0 Å². The van der Waals surface area contributed by atoms with Crippen molar-refractivity contribution in [1.29, 1.82) is 0 Å². The molecule has 1 heterocycles. The summed E-state index contributed by atoms with van der Waals surface area (Å²) in [6.07, 6.45) is 5.31. The molecule has 1 saturated heterocycles. The predicted molar refractivity (Wildman–Crippen MR) is 52.6 cm³/mol. The molecule has 2 aliphatic rings. The van der Waals surface area contributed by atoms with E-state index in [4.69, 9.17) is 10.5 Å². The molecule has 0 aromatic carbocycles. The van der Waals surface area contributed by atoms with Crippen molar-refractivity contribution in [1.82, 2.24) is 4.90 Å². The molecule has 3 heteroatoms. The maximum atomic E-state index is 6.04. The van der Waals surface area contributed by atoms with Crippen molar-refractivity contribution in [3.63, 3.8) is 0 Å². The summed E-state index contributed by atoms with van der Waals surface area (Å²) in [4.78, 5) is 2.32. The van der Waals surface area contributed by atoms with E-state index in [9.17, 15) is 0 Å². The number of ether oxygens (including phenoxy) is 1. The Balaban J connectivity index is 1.68. The second kappa shape index (κ2) is 3.56. The molecule has 0 amide bonds. The topological polar surface area (TPSA) is 38.5 Å². The van der Waals surface area contributed by atoms with E-state index in [-0.39, 0.29) is 5.54 Å². The van der Waals surface area contributed by atoms with Crippen LogP contribution in [0.3, 0.4) is 0 Å². The molecule has 1 unspecified atom stereocenters. The number of hydrogen-bond acceptors (Lipinski definition) is 3. The Labute approximate surface area is 80.2 Å². The van der Waals surface area contributed by atoms with Crippen LogP contribution >= 0.6 is 0 Å². The lowest BCUT2D eigenvalue weighted by atomic mass is 10.2. The van der Waals surface area contributed by atoms with Crippen LogP contribution in [0, 0.1) is 0 Å². The van der Waals surface area contributed by atoms with Gasteiger partial charge in [0.1, 0.15) is 0 Å². The first kappa shape index (κ1) is 9.44. The maximum Gasteiger partial charge on any atom is 0.0702 e. The van der Waals surface area contributed by atoms with E-state index in [2.05, 4.69) is 11.9 Å². The molecule has 0 bridgehead atoms. The van der Waals surface area contributed by atoms with Crippen LogP contribution in [0.5, 0.6) is 0 Å². The van der Waals surface area contributed by atoms with Crippen molar-refractivity contribution in [3.05, 3.63) is 0 Å². The van der Waals surface area contributed by atoms with Crippen LogP contribution in [0.1, 0.15) is 25.7 Å². The highest BCUT2D eigenvalue weighted by atomic mass is 16.5. The molecule has 3 nitrogen and oxygen atoms in total. The minimum Gasteiger partial charge on any atom is -0.377 e. The molecule has 2 rings (SSSR count). The van der Waals surface area contributed by atoms with Gasteiger partial charge in [0.05, 0.1) is 6.10 Å². The Hall–Kier alpha value is -0.120. The third kappa shape index (κ3) is 2.66. The van der Waals surface area contributed by atoms with Gasteiger partial charge in [-0.1, -0.05) is 0 Å². The van der Waals surface area contributed by atoms with Gasteiger partial charge in [0.25, 0.3) is 0 Å². The average Bonchev–Trinajstić information content (AvgIpc) is 2.61. The molecule has 2 fully saturated rings. The van der Waals surface area contributed by atoms with Gasteiger partial charge in [-0.15, -0.1) is 0 Å². The number of nitrogens with two attached hydrogens (primary N) is 1. The number of likely N-dealkylation sites (N-methyl/N-ethyl adjacent to an activating group) is 1. The maximum absolute atomic E-state index is 6.04. The predicted octanol–water partition coefficient (Wildman–Crippen LogP) is 0.588. The summed E-state index contributed by atoms with van der Waals surface area (Å²) in [6.45, 7) is 3.04. The van der Waals surface area contributed by atoms with Crippen molar-refractivity contribution >= 4 is 0 Å². The van der Waals surface area contributed by atoms with E-state index in [1.165, 1.54) is 25.7 Å². The molecular weight excluding hydrogens is 164 g/mol. The molecule has 1 atom stereocenters. The van der Waals surface area contributed by atoms with Gasteiger partial charge in [0.2, 0.25) is 0 Å². The Morgan fingerprint density at radius 3 is 2.85 bits per heavy atom. The van der Waals surface area contributed by atoms with Crippen molar-refractivity contribution < 1.29 is 4.74 Å². The minimum atomic E-state index is 0.146. The molecule has 2 N–H and O–H groups in total. The van der Waals surface area contributed by atoms with Crippen molar-refractivity contribution in [2.24, 2.45) is 5.73 Å². The van der Waals surface area contributed by atoms with Crippen LogP contribution in [0.25, 0.3) is 0 Å². The van der Waals surface area contributed by atoms with Crippen molar-refractivity contribution in [2.75, 3.05) is 26.7 Å². The van der Waals surface area contributed by atoms with Gasteiger partial charge in [0.15, 0.2) is 0 Å². The summed E-state index contributed by atoms with van der Waals surface area (Å²) in [6, 6.07) is 0. The third-order valence-corrected chi connectivity index (χ3v) is 3.02. The summed E-state index contributed by atoms with van der Waals surface area (Å²) in [5.74, 6) is 0. The van der Waals surface area contributed by atoms with Crippen LogP contribution in [0.2, 0.25) is 0 Å².